The standard InChI is InChI=1S/C15H18N2/c1-11-5-3-6-13(12(11)2)15-14-7-4-9-17(14)10-8-16-15/h3-7,9,15-16H,8,10H2,1-2H3. The summed E-state index contributed by atoms with van der Waals surface area (Å²) in [6.07, 6.45) is 2.17. The first-order valence-corrected chi connectivity index (χ1v) is 6.22. The third-order valence-corrected chi connectivity index (χ3v) is 3.82. The molecule has 1 aliphatic rings. The predicted octanol–water partition coefficient (Wildman–Crippen LogP) is 2.80. The Kier molecular flexibility index (Phi) is 2.52. The molecule has 0 fully saturated rings. The van der Waals surface area contributed by atoms with Gasteiger partial charge in [-0.05, 0) is 42.7 Å². The summed E-state index contributed by atoms with van der Waals surface area (Å²) in [6, 6.07) is 11.3. The molecule has 0 bridgehead atoms. The summed E-state index contributed by atoms with van der Waals surface area (Å²) in [5.41, 5.74) is 5.56. The van der Waals surface area contributed by atoms with E-state index >= 15 is 0 Å². The molecular weight excluding hydrogens is 208 g/mol. The molecule has 0 radical (unpaired) electrons. The van der Waals surface area contributed by atoms with Crippen LogP contribution in [0, 0.1) is 13.8 Å². The normalized spacial score (nSPS) is 19.1. The molecule has 1 aromatic carbocycles. The van der Waals surface area contributed by atoms with Crippen LogP contribution in [0.4, 0.5) is 0 Å². The molecule has 1 aromatic heterocycles. The highest BCUT2D eigenvalue weighted by molar-refractivity contribution is 5.39. The van der Waals surface area contributed by atoms with E-state index in [0.29, 0.717) is 6.04 Å². The van der Waals surface area contributed by atoms with Gasteiger partial charge >= 0.3 is 0 Å². The number of benzene rings is 1. The van der Waals surface area contributed by atoms with Gasteiger partial charge in [-0.25, -0.2) is 0 Å². The second-order valence-corrected chi connectivity index (χ2v) is 4.80. The Hall–Kier alpha value is -1.54. The smallest absolute Gasteiger partial charge is 0.0734 e. The van der Waals surface area contributed by atoms with Gasteiger partial charge in [0.2, 0.25) is 0 Å². The van der Waals surface area contributed by atoms with Crippen LogP contribution in [-0.2, 0) is 6.54 Å². The molecule has 2 nitrogen and oxygen atoms in total. The lowest BCUT2D eigenvalue weighted by Crippen LogP contribution is -2.33. The number of aromatic nitrogens is 1. The van der Waals surface area contributed by atoms with E-state index in [0.717, 1.165) is 13.1 Å². The second-order valence-electron chi connectivity index (χ2n) is 4.80. The van der Waals surface area contributed by atoms with Gasteiger partial charge in [0, 0.05) is 25.0 Å². The quantitative estimate of drug-likeness (QED) is 0.791. The van der Waals surface area contributed by atoms with Gasteiger partial charge in [0.1, 0.15) is 0 Å². The van der Waals surface area contributed by atoms with Crippen molar-refractivity contribution in [3.63, 3.8) is 0 Å². The van der Waals surface area contributed by atoms with Crippen LogP contribution < -0.4 is 5.32 Å². The molecule has 17 heavy (non-hydrogen) atoms. The Morgan fingerprint density at radius 1 is 1.18 bits per heavy atom. The number of aryl methyl sites for hydroxylation is 1. The molecule has 88 valence electrons. The Balaban J connectivity index is 2.10. The maximum absolute atomic E-state index is 3.62. The van der Waals surface area contributed by atoms with Gasteiger partial charge in [0.05, 0.1) is 6.04 Å². The van der Waals surface area contributed by atoms with Crippen molar-refractivity contribution in [2.24, 2.45) is 0 Å². The predicted molar refractivity (Wildman–Crippen MR) is 70.2 cm³/mol. The summed E-state index contributed by atoms with van der Waals surface area (Å²) >= 11 is 0. The van der Waals surface area contributed by atoms with Crippen molar-refractivity contribution in [1.29, 1.82) is 0 Å². The van der Waals surface area contributed by atoms with E-state index in [9.17, 15) is 0 Å². The maximum atomic E-state index is 3.62. The topological polar surface area (TPSA) is 17.0 Å². The molecule has 1 N–H and O–H groups in total. The molecule has 2 aromatic rings. The van der Waals surface area contributed by atoms with Gasteiger partial charge in [-0.2, -0.15) is 0 Å². The molecule has 3 rings (SSSR count). The van der Waals surface area contributed by atoms with E-state index in [1.54, 1.807) is 0 Å². The molecule has 2 heteroatoms. The van der Waals surface area contributed by atoms with Gasteiger partial charge in [-0.3, -0.25) is 0 Å². The van der Waals surface area contributed by atoms with E-state index < -0.39 is 0 Å². The number of fused-ring (bicyclic) bond motifs is 1. The first kappa shape index (κ1) is 10.6. The van der Waals surface area contributed by atoms with Crippen LogP contribution in [0.15, 0.2) is 36.5 Å². The summed E-state index contributed by atoms with van der Waals surface area (Å²) in [5, 5.41) is 3.62. The van der Waals surface area contributed by atoms with Crippen LogP contribution >= 0.6 is 0 Å². The fourth-order valence-electron chi connectivity index (χ4n) is 2.68. The molecule has 0 saturated heterocycles. The first-order valence-electron chi connectivity index (χ1n) is 6.22. The van der Waals surface area contributed by atoms with Crippen molar-refractivity contribution in [2.45, 2.75) is 26.4 Å². The number of hydrogen-bond acceptors (Lipinski definition) is 1. The molecule has 0 saturated carbocycles. The highest BCUT2D eigenvalue weighted by Crippen LogP contribution is 2.28. The van der Waals surface area contributed by atoms with Crippen molar-refractivity contribution in [2.75, 3.05) is 6.54 Å². The molecule has 0 amide bonds. The van der Waals surface area contributed by atoms with Crippen molar-refractivity contribution < 1.29 is 0 Å². The van der Waals surface area contributed by atoms with Crippen LogP contribution in [0.2, 0.25) is 0 Å². The third-order valence-electron chi connectivity index (χ3n) is 3.82. The molecule has 2 heterocycles. The van der Waals surface area contributed by atoms with Crippen molar-refractivity contribution in [3.05, 3.63) is 58.9 Å². The molecule has 0 spiro atoms. The fraction of sp³-hybridized carbons (Fsp3) is 0.333. The van der Waals surface area contributed by atoms with Crippen LogP contribution in [0.25, 0.3) is 0 Å². The summed E-state index contributed by atoms with van der Waals surface area (Å²) in [6.45, 7) is 6.51. The summed E-state index contributed by atoms with van der Waals surface area (Å²) < 4.78 is 2.35. The Labute approximate surface area is 102 Å². The average Bonchev–Trinajstić information content (AvgIpc) is 2.81. The SMILES string of the molecule is Cc1cccc(C2NCCn3cccc32)c1C. The fourth-order valence-corrected chi connectivity index (χ4v) is 2.68. The zero-order valence-electron chi connectivity index (χ0n) is 10.4. The van der Waals surface area contributed by atoms with Crippen molar-refractivity contribution in [1.82, 2.24) is 9.88 Å². The molecular formula is C15H18N2. The van der Waals surface area contributed by atoms with Crippen LogP contribution in [0.1, 0.15) is 28.4 Å². The zero-order valence-corrected chi connectivity index (χ0v) is 10.4. The second kappa shape index (κ2) is 4.04. The van der Waals surface area contributed by atoms with Gasteiger partial charge in [0.15, 0.2) is 0 Å². The lowest BCUT2D eigenvalue weighted by Gasteiger charge is -2.28. The number of hydrogen-bond donors (Lipinski definition) is 1. The lowest BCUT2D eigenvalue weighted by molar-refractivity contribution is 0.466. The zero-order chi connectivity index (χ0) is 11.8. The van der Waals surface area contributed by atoms with Crippen LogP contribution in [0.5, 0.6) is 0 Å². The van der Waals surface area contributed by atoms with Crippen molar-refractivity contribution >= 4 is 0 Å². The van der Waals surface area contributed by atoms with E-state index in [4.69, 9.17) is 0 Å². The van der Waals surface area contributed by atoms with Gasteiger partial charge in [-0.15, -0.1) is 0 Å². The summed E-state index contributed by atoms with van der Waals surface area (Å²) in [4.78, 5) is 0. The molecule has 0 aliphatic carbocycles. The van der Waals surface area contributed by atoms with E-state index in [1.165, 1.54) is 22.4 Å². The lowest BCUT2D eigenvalue weighted by atomic mass is 9.94. The molecule has 1 atom stereocenters. The number of rotatable bonds is 1. The Bertz CT molecular complexity index is 540. The summed E-state index contributed by atoms with van der Waals surface area (Å²) in [5.74, 6) is 0. The van der Waals surface area contributed by atoms with E-state index in [-0.39, 0.29) is 0 Å². The molecule has 1 aliphatic heterocycles. The Morgan fingerprint density at radius 2 is 2.06 bits per heavy atom. The minimum absolute atomic E-state index is 0.346. The van der Waals surface area contributed by atoms with Gasteiger partial charge < -0.3 is 9.88 Å². The van der Waals surface area contributed by atoms with E-state index in [1.807, 2.05) is 0 Å². The Morgan fingerprint density at radius 3 is 2.94 bits per heavy atom. The largest absolute Gasteiger partial charge is 0.348 e. The van der Waals surface area contributed by atoms with Gasteiger partial charge in [0.25, 0.3) is 0 Å². The molecule has 1 unspecified atom stereocenters. The highest BCUT2D eigenvalue weighted by atomic mass is 15.1. The van der Waals surface area contributed by atoms with Gasteiger partial charge in [-0.1, -0.05) is 18.2 Å². The minimum Gasteiger partial charge on any atom is -0.348 e. The number of nitrogens with zero attached hydrogens (tertiary/aromatic N) is 1. The highest BCUT2D eigenvalue weighted by Gasteiger charge is 2.22. The average molecular weight is 226 g/mol. The third kappa shape index (κ3) is 1.69. The van der Waals surface area contributed by atoms with Crippen LogP contribution in [0.3, 0.4) is 0 Å². The first-order chi connectivity index (χ1) is 8.27. The minimum atomic E-state index is 0.346. The van der Waals surface area contributed by atoms with E-state index in [2.05, 4.69) is 60.3 Å². The van der Waals surface area contributed by atoms with Crippen LogP contribution in [-0.4, -0.2) is 11.1 Å². The monoisotopic (exact) mass is 226 g/mol. The summed E-state index contributed by atoms with van der Waals surface area (Å²) in [7, 11) is 0. The number of nitrogens with one attached hydrogen (secondary N) is 1. The maximum Gasteiger partial charge on any atom is 0.0734 e. The van der Waals surface area contributed by atoms with Crippen molar-refractivity contribution in [3.8, 4) is 0 Å².